The first-order chi connectivity index (χ1) is 12.8. The minimum atomic E-state index is -4.54. The van der Waals surface area contributed by atoms with Crippen LogP contribution in [0.5, 0.6) is 5.75 Å². The lowest BCUT2D eigenvalue weighted by molar-refractivity contribution is -0.137. The molecule has 0 saturated carbocycles. The smallest absolute Gasteiger partial charge is 0.417 e. The van der Waals surface area contributed by atoms with Crippen LogP contribution in [-0.2, 0) is 6.18 Å². The van der Waals surface area contributed by atoms with Crippen LogP contribution < -0.4 is 15.4 Å². The quantitative estimate of drug-likeness (QED) is 0.586. The van der Waals surface area contributed by atoms with Gasteiger partial charge < -0.3 is 15.4 Å². The van der Waals surface area contributed by atoms with E-state index in [0.29, 0.717) is 11.6 Å². The van der Waals surface area contributed by atoms with Crippen LogP contribution in [0.15, 0.2) is 54.7 Å². The number of alkyl halides is 3. The van der Waals surface area contributed by atoms with Crippen molar-refractivity contribution in [1.29, 1.82) is 0 Å². The molecule has 3 rings (SSSR count). The lowest BCUT2D eigenvalue weighted by atomic mass is 10.2. The molecular formula is C18H14ClF3N4O. The summed E-state index contributed by atoms with van der Waals surface area (Å²) in [6.07, 6.45) is -3.05. The molecule has 0 radical (unpaired) electrons. The highest BCUT2D eigenvalue weighted by Crippen LogP contribution is 2.36. The fourth-order valence-corrected chi connectivity index (χ4v) is 2.48. The fraction of sp³-hybridized carbons (Fsp3) is 0.111. The Hall–Kier alpha value is -3.00. The molecule has 0 fully saturated rings. The standard InChI is InChI=1S/C18H14ClF3N4O/c1-27-13-5-2-11(3-6-13)25-17-23-9-8-16(26-17)24-12-4-7-15(19)14(10-12)18(20,21)22/h2-10H,1H3,(H2,23,24,25,26). The molecule has 0 unspecified atom stereocenters. The van der Waals surface area contributed by atoms with Gasteiger partial charge in [0.2, 0.25) is 5.95 Å². The second kappa shape index (κ2) is 7.71. The van der Waals surface area contributed by atoms with Crippen LogP contribution in [0.1, 0.15) is 5.56 Å². The third-order valence-corrected chi connectivity index (χ3v) is 3.88. The summed E-state index contributed by atoms with van der Waals surface area (Å²) in [5.74, 6) is 1.33. The Morgan fingerprint density at radius 2 is 1.67 bits per heavy atom. The zero-order chi connectivity index (χ0) is 19.4. The van der Waals surface area contributed by atoms with Crippen LogP contribution in [-0.4, -0.2) is 17.1 Å². The summed E-state index contributed by atoms with van der Waals surface area (Å²) in [4.78, 5) is 8.34. The average Bonchev–Trinajstić information content (AvgIpc) is 2.63. The molecule has 0 aliphatic carbocycles. The molecule has 0 aliphatic heterocycles. The van der Waals surface area contributed by atoms with Crippen molar-refractivity contribution in [3.63, 3.8) is 0 Å². The van der Waals surface area contributed by atoms with E-state index in [4.69, 9.17) is 16.3 Å². The van der Waals surface area contributed by atoms with E-state index >= 15 is 0 Å². The largest absolute Gasteiger partial charge is 0.497 e. The van der Waals surface area contributed by atoms with Crippen molar-refractivity contribution >= 4 is 34.7 Å². The Bertz CT molecular complexity index is 933. The molecule has 9 heteroatoms. The number of hydrogen-bond donors (Lipinski definition) is 2. The van der Waals surface area contributed by atoms with Crippen LogP contribution in [0.4, 0.5) is 36.3 Å². The van der Waals surface area contributed by atoms with Crippen LogP contribution in [0.2, 0.25) is 5.02 Å². The molecule has 1 aromatic heterocycles. The Labute approximate surface area is 158 Å². The maximum absolute atomic E-state index is 13.0. The molecule has 3 aromatic rings. The van der Waals surface area contributed by atoms with Crippen LogP contribution >= 0.6 is 11.6 Å². The van der Waals surface area contributed by atoms with Gasteiger partial charge in [-0.25, -0.2) is 4.98 Å². The number of rotatable bonds is 5. The highest BCUT2D eigenvalue weighted by molar-refractivity contribution is 6.31. The van der Waals surface area contributed by atoms with Gasteiger partial charge in [0.25, 0.3) is 0 Å². The molecule has 0 amide bonds. The van der Waals surface area contributed by atoms with E-state index < -0.39 is 11.7 Å². The third kappa shape index (κ3) is 4.79. The van der Waals surface area contributed by atoms with Gasteiger partial charge in [-0.1, -0.05) is 11.6 Å². The second-order valence-electron chi connectivity index (χ2n) is 5.44. The molecule has 27 heavy (non-hydrogen) atoms. The van der Waals surface area contributed by atoms with Gasteiger partial charge in [-0.05, 0) is 48.5 Å². The number of aromatic nitrogens is 2. The normalized spacial score (nSPS) is 11.1. The SMILES string of the molecule is COc1ccc(Nc2nccc(Nc3ccc(Cl)c(C(F)(F)F)c3)n2)cc1. The molecule has 2 aromatic carbocycles. The molecule has 0 bridgehead atoms. The summed E-state index contributed by atoms with van der Waals surface area (Å²) in [5.41, 5.74) is 0.0272. The van der Waals surface area contributed by atoms with Gasteiger partial charge in [0.1, 0.15) is 11.6 Å². The molecule has 2 N–H and O–H groups in total. The summed E-state index contributed by atoms with van der Waals surface area (Å²) >= 11 is 5.63. The molecule has 1 heterocycles. The van der Waals surface area contributed by atoms with Gasteiger partial charge in [-0.15, -0.1) is 0 Å². The third-order valence-electron chi connectivity index (χ3n) is 3.55. The fourth-order valence-electron chi connectivity index (χ4n) is 2.26. The lowest BCUT2D eigenvalue weighted by Crippen LogP contribution is -2.07. The Morgan fingerprint density at radius 3 is 2.33 bits per heavy atom. The maximum Gasteiger partial charge on any atom is 0.417 e. The van der Waals surface area contributed by atoms with Crippen molar-refractivity contribution in [3.8, 4) is 5.75 Å². The van der Waals surface area contributed by atoms with Crippen LogP contribution in [0.3, 0.4) is 0 Å². The predicted molar refractivity (Wildman–Crippen MR) is 98.0 cm³/mol. The minimum absolute atomic E-state index is 0.209. The van der Waals surface area contributed by atoms with Crippen LogP contribution in [0, 0.1) is 0 Å². The summed E-state index contributed by atoms with van der Waals surface area (Å²) in [7, 11) is 1.57. The van der Waals surface area contributed by atoms with E-state index in [1.54, 1.807) is 37.4 Å². The first-order valence-corrected chi connectivity index (χ1v) is 8.11. The first-order valence-electron chi connectivity index (χ1n) is 7.73. The second-order valence-corrected chi connectivity index (χ2v) is 5.84. The van der Waals surface area contributed by atoms with Crippen molar-refractivity contribution < 1.29 is 17.9 Å². The van der Waals surface area contributed by atoms with Crippen molar-refractivity contribution in [3.05, 3.63) is 65.3 Å². The van der Waals surface area contributed by atoms with E-state index in [1.807, 2.05) is 0 Å². The molecule has 0 atom stereocenters. The van der Waals surface area contributed by atoms with Gasteiger partial charge in [0, 0.05) is 17.6 Å². The Kier molecular flexibility index (Phi) is 5.36. The van der Waals surface area contributed by atoms with Crippen molar-refractivity contribution in [2.45, 2.75) is 6.18 Å². The zero-order valence-electron chi connectivity index (χ0n) is 14.0. The Morgan fingerprint density at radius 1 is 0.963 bits per heavy atom. The van der Waals surface area contributed by atoms with Gasteiger partial charge in [-0.3, -0.25) is 0 Å². The molecular weight excluding hydrogens is 381 g/mol. The average molecular weight is 395 g/mol. The molecule has 0 saturated heterocycles. The number of benzene rings is 2. The van der Waals surface area contributed by atoms with E-state index in [-0.39, 0.29) is 16.7 Å². The van der Waals surface area contributed by atoms with Crippen LogP contribution in [0.25, 0.3) is 0 Å². The van der Waals surface area contributed by atoms with E-state index in [0.717, 1.165) is 11.8 Å². The van der Waals surface area contributed by atoms with Crippen molar-refractivity contribution in [2.75, 3.05) is 17.7 Å². The Balaban J connectivity index is 1.77. The molecule has 0 spiro atoms. The number of ether oxygens (including phenoxy) is 1. The van der Waals surface area contributed by atoms with Gasteiger partial charge in [-0.2, -0.15) is 18.2 Å². The van der Waals surface area contributed by atoms with Crippen molar-refractivity contribution in [2.24, 2.45) is 0 Å². The van der Waals surface area contributed by atoms with Gasteiger partial charge in [0.15, 0.2) is 0 Å². The van der Waals surface area contributed by atoms with Gasteiger partial charge in [0.05, 0.1) is 17.7 Å². The number of methoxy groups -OCH3 is 1. The van der Waals surface area contributed by atoms with E-state index in [1.165, 1.54) is 18.3 Å². The molecule has 0 aliphatic rings. The van der Waals surface area contributed by atoms with E-state index in [9.17, 15) is 13.2 Å². The summed E-state index contributed by atoms with van der Waals surface area (Å²) in [5, 5.41) is 5.46. The number of anilines is 4. The zero-order valence-corrected chi connectivity index (χ0v) is 14.8. The minimum Gasteiger partial charge on any atom is -0.497 e. The topological polar surface area (TPSA) is 59.1 Å². The number of nitrogens with zero attached hydrogens (tertiary/aromatic N) is 2. The highest BCUT2D eigenvalue weighted by atomic mass is 35.5. The number of halogens is 4. The monoisotopic (exact) mass is 394 g/mol. The maximum atomic E-state index is 13.0. The van der Waals surface area contributed by atoms with Crippen molar-refractivity contribution in [1.82, 2.24) is 9.97 Å². The number of nitrogens with one attached hydrogen (secondary N) is 2. The first kappa shape index (κ1) is 18.8. The summed E-state index contributed by atoms with van der Waals surface area (Å²) in [6, 6.07) is 12.2. The molecule has 140 valence electrons. The lowest BCUT2D eigenvalue weighted by Gasteiger charge is -2.12. The molecule has 5 nitrogen and oxygen atoms in total. The summed E-state index contributed by atoms with van der Waals surface area (Å²) in [6.45, 7) is 0. The van der Waals surface area contributed by atoms with E-state index in [2.05, 4.69) is 20.6 Å². The predicted octanol–water partition coefficient (Wildman–Crippen LogP) is 5.64. The van der Waals surface area contributed by atoms with Gasteiger partial charge >= 0.3 is 6.18 Å². The highest BCUT2D eigenvalue weighted by Gasteiger charge is 2.33. The summed E-state index contributed by atoms with van der Waals surface area (Å²) < 4.78 is 44.0. The number of hydrogen-bond acceptors (Lipinski definition) is 5.